The van der Waals surface area contributed by atoms with E-state index in [9.17, 15) is 18.4 Å². The minimum absolute atomic E-state index is 0.0340. The van der Waals surface area contributed by atoms with Crippen LogP contribution in [0.25, 0.3) is 0 Å². The van der Waals surface area contributed by atoms with Gasteiger partial charge < -0.3 is 14.2 Å². The van der Waals surface area contributed by atoms with Crippen LogP contribution in [0, 0.1) is 18.6 Å². The van der Waals surface area contributed by atoms with Gasteiger partial charge in [0, 0.05) is 18.2 Å². The second-order valence-corrected chi connectivity index (χ2v) is 8.06. The summed E-state index contributed by atoms with van der Waals surface area (Å²) in [6.07, 6.45) is 1.62. The highest BCUT2D eigenvalue weighted by Gasteiger charge is 2.35. The first kappa shape index (κ1) is 21.7. The summed E-state index contributed by atoms with van der Waals surface area (Å²) in [5, 5.41) is 0. The van der Waals surface area contributed by atoms with E-state index < -0.39 is 5.82 Å². The molecule has 7 heteroatoms. The Morgan fingerprint density at radius 2 is 1.72 bits per heavy atom. The zero-order valence-electron chi connectivity index (χ0n) is 17.8. The van der Waals surface area contributed by atoms with Gasteiger partial charge in [-0.25, -0.2) is 8.78 Å². The molecule has 1 saturated carbocycles. The van der Waals surface area contributed by atoms with E-state index in [2.05, 4.69) is 0 Å². The summed E-state index contributed by atoms with van der Waals surface area (Å²) < 4.78 is 32.6. The van der Waals surface area contributed by atoms with Crippen molar-refractivity contribution >= 4 is 11.8 Å². The number of benzene rings is 2. The van der Waals surface area contributed by atoms with Crippen molar-refractivity contribution in [2.75, 3.05) is 6.54 Å². The van der Waals surface area contributed by atoms with Gasteiger partial charge in [0.05, 0.1) is 6.54 Å². The largest absolute Gasteiger partial charge is 0.464 e. The van der Waals surface area contributed by atoms with Crippen LogP contribution >= 0.6 is 0 Å². The second kappa shape index (κ2) is 9.34. The first-order valence-electron chi connectivity index (χ1n) is 10.5. The molecule has 0 aliphatic heterocycles. The van der Waals surface area contributed by atoms with Gasteiger partial charge in [0.25, 0.3) is 5.91 Å². The van der Waals surface area contributed by atoms with Crippen LogP contribution < -0.4 is 0 Å². The SMILES string of the molecule is Cc1ccc(CN(Cc2ccc(F)cc2)C(=O)CN(C(=O)c2cccc(F)c2)C2CC2)o1. The van der Waals surface area contributed by atoms with Crippen LogP contribution in [0.3, 0.4) is 0 Å². The van der Waals surface area contributed by atoms with E-state index >= 15 is 0 Å². The van der Waals surface area contributed by atoms with Crippen molar-refractivity contribution in [3.05, 3.63) is 94.9 Å². The number of hydrogen-bond donors (Lipinski definition) is 0. The predicted octanol–water partition coefficient (Wildman–Crippen LogP) is 4.70. The number of aryl methyl sites for hydroxylation is 1. The molecule has 0 saturated heterocycles. The van der Waals surface area contributed by atoms with E-state index in [1.807, 2.05) is 13.0 Å². The van der Waals surface area contributed by atoms with Crippen molar-refractivity contribution in [3.8, 4) is 0 Å². The number of carbonyl (C=O) groups excluding carboxylic acids is 2. The molecule has 1 aromatic heterocycles. The molecule has 0 atom stereocenters. The summed E-state index contributed by atoms with van der Waals surface area (Å²) in [6, 6.07) is 15.0. The summed E-state index contributed by atoms with van der Waals surface area (Å²) in [4.78, 5) is 29.4. The number of rotatable bonds is 8. The van der Waals surface area contributed by atoms with Gasteiger partial charge in [-0.1, -0.05) is 18.2 Å². The van der Waals surface area contributed by atoms with Crippen molar-refractivity contribution in [1.82, 2.24) is 9.80 Å². The average Bonchev–Trinajstić information content (AvgIpc) is 3.53. The Balaban J connectivity index is 1.54. The third-order valence-electron chi connectivity index (χ3n) is 5.41. The fourth-order valence-corrected chi connectivity index (χ4v) is 3.59. The molecule has 0 spiro atoms. The Bertz CT molecular complexity index is 1110. The molecule has 1 heterocycles. The highest BCUT2D eigenvalue weighted by atomic mass is 19.1. The molecule has 166 valence electrons. The minimum Gasteiger partial charge on any atom is -0.464 e. The van der Waals surface area contributed by atoms with E-state index in [4.69, 9.17) is 4.42 Å². The number of hydrogen-bond acceptors (Lipinski definition) is 3. The monoisotopic (exact) mass is 438 g/mol. The number of amides is 2. The van der Waals surface area contributed by atoms with E-state index in [0.717, 1.165) is 24.2 Å². The topological polar surface area (TPSA) is 53.8 Å². The Labute approximate surface area is 185 Å². The summed E-state index contributed by atoms with van der Waals surface area (Å²) in [7, 11) is 0. The van der Waals surface area contributed by atoms with Gasteiger partial charge in [-0.2, -0.15) is 0 Å². The zero-order valence-corrected chi connectivity index (χ0v) is 17.8. The molecule has 1 fully saturated rings. The average molecular weight is 438 g/mol. The molecule has 1 aliphatic rings. The fourth-order valence-electron chi connectivity index (χ4n) is 3.59. The molecule has 3 aromatic rings. The van der Waals surface area contributed by atoms with Crippen LogP contribution in [-0.4, -0.2) is 34.2 Å². The van der Waals surface area contributed by atoms with Gasteiger partial charge in [-0.3, -0.25) is 9.59 Å². The Morgan fingerprint density at radius 1 is 0.969 bits per heavy atom. The van der Waals surface area contributed by atoms with Crippen molar-refractivity contribution in [2.24, 2.45) is 0 Å². The fraction of sp³-hybridized carbons (Fsp3) is 0.280. The minimum atomic E-state index is -0.496. The Morgan fingerprint density at radius 3 is 2.34 bits per heavy atom. The molecule has 2 aromatic carbocycles. The van der Waals surface area contributed by atoms with Crippen molar-refractivity contribution < 1.29 is 22.8 Å². The summed E-state index contributed by atoms with van der Waals surface area (Å²) in [6.45, 7) is 2.16. The van der Waals surface area contributed by atoms with Gasteiger partial charge in [0.15, 0.2) is 0 Å². The number of nitrogens with zero attached hydrogens (tertiary/aromatic N) is 2. The van der Waals surface area contributed by atoms with Gasteiger partial charge in [-0.05, 0) is 67.8 Å². The number of halogens is 2. The lowest BCUT2D eigenvalue weighted by Crippen LogP contribution is -2.43. The van der Waals surface area contributed by atoms with E-state index in [1.54, 1.807) is 29.2 Å². The molecule has 4 rings (SSSR count). The maximum Gasteiger partial charge on any atom is 0.254 e. The molecule has 0 bridgehead atoms. The molecule has 0 N–H and O–H groups in total. The highest BCUT2D eigenvalue weighted by molar-refractivity contribution is 5.97. The molecular weight excluding hydrogens is 414 g/mol. The van der Waals surface area contributed by atoms with E-state index in [-0.39, 0.29) is 48.9 Å². The van der Waals surface area contributed by atoms with Gasteiger partial charge in [0.2, 0.25) is 5.91 Å². The highest BCUT2D eigenvalue weighted by Crippen LogP contribution is 2.28. The molecule has 2 amide bonds. The summed E-state index contributed by atoms with van der Waals surface area (Å²) in [5.41, 5.74) is 0.980. The predicted molar refractivity (Wildman–Crippen MR) is 115 cm³/mol. The van der Waals surface area contributed by atoms with Crippen molar-refractivity contribution in [2.45, 2.75) is 38.9 Å². The quantitative estimate of drug-likeness (QED) is 0.512. The second-order valence-electron chi connectivity index (χ2n) is 8.06. The van der Waals surface area contributed by atoms with Crippen LogP contribution in [0.1, 0.15) is 40.3 Å². The molecule has 32 heavy (non-hydrogen) atoms. The molecular formula is C25H24F2N2O3. The van der Waals surface area contributed by atoms with Crippen LogP contribution in [0.2, 0.25) is 0 Å². The first-order chi connectivity index (χ1) is 15.4. The molecule has 1 aliphatic carbocycles. The Kier molecular flexibility index (Phi) is 6.35. The van der Waals surface area contributed by atoms with Crippen LogP contribution in [0.5, 0.6) is 0 Å². The van der Waals surface area contributed by atoms with Crippen LogP contribution in [0.4, 0.5) is 8.78 Å². The third kappa shape index (κ3) is 5.41. The lowest BCUT2D eigenvalue weighted by Gasteiger charge is -2.27. The molecule has 5 nitrogen and oxygen atoms in total. The van der Waals surface area contributed by atoms with Crippen molar-refractivity contribution in [1.29, 1.82) is 0 Å². The number of carbonyl (C=O) groups is 2. The smallest absolute Gasteiger partial charge is 0.254 e. The summed E-state index contributed by atoms with van der Waals surface area (Å²) in [5.74, 6) is -0.128. The lowest BCUT2D eigenvalue weighted by atomic mass is 10.1. The molecule has 0 radical (unpaired) electrons. The van der Waals surface area contributed by atoms with Crippen molar-refractivity contribution in [3.63, 3.8) is 0 Å². The van der Waals surface area contributed by atoms with Gasteiger partial charge in [-0.15, -0.1) is 0 Å². The molecule has 0 unspecified atom stereocenters. The first-order valence-corrected chi connectivity index (χ1v) is 10.5. The van der Waals surface area contributed by atoms with Gasteiger partial charge in [0.1, 0.15) is 29.7 Å². The normalized spacial score (nSPS) is 13.1. The van der Waals surface area contributed by atoms with E-state index in [1.165, 1.54) is 35.2 Å². The third-order valence-corrected chi connectivity index (χ3v) is 5.41. The lowest BCUT2D eigenvalue weighted by molar-refractivity contribution is -0.133. The summed E-state index contributed by atoms with van der Waals surface area (Å²) >= 11 is 0. The maximum absolute atomic E-state index is 13.6. The number of furan rings is 1. The maximum atomic E-state index is 13.6. The standard InChI is InChI=1S/C25H24F2N2O3/c1-17-5-12-23(32-17)15-28(14-18-6-8-20(26)9-7-18)24(30)16-29(22-10-11-22)25(31)19-3-2-4-21(27)13-19/h2-9,12-13,22H,10-11,14-16H2,1H3. The van der Waals surface area contributed by atoms with Crippen LogP contribution in [-0.2, 0) is 17.9 Å². The Hall–Kier alpha value is -3.48. The van der Waals surface area contributed by atoms with Gasteiger partial charge >= 0.3 is 0 Å². The van der Waals surface area contributed by atoms with E-state index in [0.29, 0.717) is 5.76 Å². The van der Waals surface area contributed by atoms with Crippen LogP contribution in [0.15, 0.2) is 65.1 Å². The zero-order chi connectivity index (χ0) is 22.7.